The number of aliphatic hydroxyl groups is 1. The van der Waals surface area contributed by atoms with Crippen LogP contribution in [0.4, 0.5) is 18.0 Å². The number of carbonyl (C=O) groups is 1. The second-order valence-electron chi connectivity index (χ2n) is 5.27. The molecule has 0 spiro atoms. The number of carbonyl (C=O) groups excluding carboxylic acids is 1. The minimum absolute atomic E-state index is 0.224. The summed E-state index contributed by atoms with van der Waals surface area (Å²) in [6.07, 6.45) is -7.71. The number of aryl methyl sites for hydroxylation is 1. The van der Waals surface area contributed by atoms with Crippen molar-refractivity contribution >= 4 is 6.03 Å². The number of halogens is 3. The highest BCUT2D eigenvalue weighted by Gasteiger charge is 2.37. The fourth-order valence-electron chi connectivity index (χ4n) is 1.66. The van der Waals surface area contributed by atoms with Gasteiger partial charge < -0.3 is 20.5 Å². The quantitative estimate of drug-likeness (QED) is 0.717. The van der Waals surface area contributed by atoms with Crippen molar-refractivity contribution < 1.29 is 27.8 Å². The maximum atomic E-state index is 12.1. The Balaban J connectivity index is 2.22. The van der Waals surface area contributed by atoms with Gasteiger partial charge in [-0.25, -0.2) is 4.79 Å². The molecule has 0 aliphatic heterocycles. The number of ether oxygens (including phenoxy) is 1. The van der Waals surface area contributed by atoms with E-state index in [1.165, 1.54) is 0 Å². The Morgan fingerprint density at radius 1 is 1.30 bits per heavy atom. The van der Waals surface area contributed by atoms with Crippen molar-refractivity contribution in [1.29, 1.82) is 0 Å². The molecule has 130 valence electrons. The van der Waals surface area contributed by atoms with Crippen LogP contribution in [0.15, 0.2) is 24.3 Å². The first kappa shape index (κ1) is 19.1. The Morgan fingerprint density at radius 3 is 2.48 bits per heavy atom. The van der Waals surface area contributed by atoms with Crippen LogP contribution in [0.25, 0.3) is 0 Å². The lowest BCUT2D eigenvalue weighted by atomic mass is 10.2. The lowest BCUT2D eigenvalue weighted by molar-refractivity contribution is -0.204. The third kappa shape index (κ3) is 7.73. The topological polar surface area (TPSA) is 70.6 Å². The fourth-order valence-corrected chi connectivity index (χ4v) is 1.66. The highest BCUT2D eigenvalue weighted by molar-refractivity contribution is 5.74. The summed E-state index contributed by atoms with van der Waals surface area (Å²) in [4.78, 5) is 11.5. The van der Waals surface area contributed by atoms with Gasteiger partial charge >= 0.3 is 12.2 Å². The van der Waals surface area contributed by atoms with E-state index in [1.807, 2.05) is 19.1 Å². The molecule has 0 radical (unpaired) electrons. The highest BCUT2D eigenvalue weighted by atomic mass is 19.4. The number of benzene rings is 1. The van der Waals surface area contributed by atoms with E-state index in [2.05, 4.69) is 10.6 Å². The SMILES string of the molecule is Cc1ccc(OC[C@@H](C)NC(=O)NCC[C@H](O)C(F)(F)F)cc1. The average molecular weight is 334 g/mol. The summed E-state index contributed by atoms with van der Waals surface area (Å²) in [5.41, 5.74) is 1.10. The van der Waals surface area contributed by atoms with Gasteiger partial charge in [0.1, 0.15) is 12.4 Å². The van der Waals surface area contributed by atoms with E-state index in [4.69, 9.17) is 9.84 Å². The van der Waals surface area contributed by atoms with E-state index < -0.39 is 24.7 Å². The Labute approximate surface area is 132 Å². The molecule has 1 aromatic carbocycles. The van der Waals surface area contributed by atoms with E-state index in [9.17, 15) is 18.0 Å². The van der Waals surface area contributed by atoms with Crippen molar-refractivity contribution in [2.45, 2.75) is 38.6 Å². The van der Waals surface area contributed by atoms with Crippen molar-refractivity contribution in [2.24, 2.45) is 0 Å². The summed E-state index contributed by atoms with van der Waals surface area (Å²) >= 11 is 0. The minimum atomic E-state index is -4.67. The minimum Gasteiger partial charge on any atom is -0.491 e. The number of rotatable bonds is 7. The van der Waals surface area contributed by atoms with Gasteiger partial charge in [0.2, 0.25) is 0 Å². The zero-order valence-corrected chi connectivity index (χ0v) is 13.0. The summed E-state index contributed by atoms with van der Waals surface area (Å²) in [5.74, 6) is 0.665. The van der Waals surface area contributed by atoms with E-state index in [0.717, 1.165) is 5.56 Å². The Hall–Kier alpha value is -1.96. The lowest BCUT2D eigenvalue weighted by Gasteiger charge is -2.17. The van der Waals surface area contributed by atoms with E-state index in [0.29, 0.717) is 5.75 Å². The molecule has 2 amide bonds. The van der Waals surface area contributed by atoms with Crippen LogP contribution in [0.1, 0.15) is 18.9 Å². The smallest absolute Gasteiger partial charge is 0.414 e. The number of aliphatic hydroxyl groups excluding tert-OH is 1. The molecule has 0 heterocycles. The van der Waals surface area contributed by atoms with Gasteiger partial charge in [-0.15, -0.1) is 0 Å². The number of alkyl halides is 3. The third-order valence-corrected chi connectivity index (χ3v) is 2.98. The predicted octanol–water partition coefficient (Wildman–Crippen LogP) is 2.37. The molecular formula is C15H21F3N2O3. The molecule has 1 aromatic rings. The number of hydrogen-bond acceptors (Lipinski definition) is 3. The van der Waals surface area contributed by atoms with Gasteiger partial charge in [0, 0.05) is 6.54 Å². The van der Waals surface area contributed by atoms with Gasteiger partial charge in [0.15, 0.2) is 6.10 Å². The van der Waals surface area contributed by atoms with Gasteiger partial charge in [0.05, 0.1) is 6.04 Å². The second kappa shape index (κ2) is 8.61. The Bertz CT molecular complexity index is 492. The summed E-state index contributed by atoms with van der Waals surface area (Å²) in [6.45, 7) is 3.60. The molecule has 23 heavy (non-hydrogen) atoms. The maximum absolute atomic E-state index is 12.1. The number of nitrogens with one attached hydrogen (secondary N) is 2. The molecular weight excluding hydrogens is 313 g/mol. The zero-order valence-electron chi connectivity index (χ0n) is 13.0. The van der Waals surface area contributed by atoms with Crippen LogP contribution in [-0.4, -0.2) is 42.6 Å². The highest BCUT2D eigenvalue weighted by Crippen LogP contribution is 2.21. The molecule has 0 saturated carbocycles. The first-order valence-electron chi connectivity index (χ1n) is 7.17. The van der Waals surface area contributed by atoms with Gasteiger partial charge in [-0.05, 0) is 32.4 Å². The summed E-state index contributed by atoms with van der Waals surface area (Å²) in [7, 11) is 0. The first-order chi connectivity index (χ1) is 10.7. The van der Waals surface area contributed by atoms with Gasteiger partial charge in [-0.3, -0.25) is 0 Å². The summed E-state index contributed by atoms with van der Waals surface area (Å²) in [6, 6.07) is 6.46. The molecule has 8 heteroatoms. The standard InChI is InChI=1S/C15H21F3N2O3/c1-10-3-5-12(6-4-10)23-9-11(2)20-14(22)19-8-7-13(21)15(16,17)18/h3-6,11,13,21H,7-9H2,1-2H3,(H2,19,20,22)/t11-,13+/m1/s1. The molecule has 0 aliphatic rings. The van der Waals surface area contributed by atoms with E-state index in [1.54, 1.807) is 19.1 Å². The molecule has 3 N–H and O–H groups in total. The van der Waals surface area contributed by atoms with E-state index in [-0.39, 0.29) is 19.2 Å². The van der Waals surface area contributed by atoms with Crippen LogP contribution in [-0.2, 0) is 0 Å². The van der Waals surface area contributed by atoms with E-state index >= 15 is 0 Å². The number of urea groups is 1. The zero-order chi connectivity index (χ0) is 17.5. The molecule has 5 nitrogen and oxygen atoms in total. The predicted molar refractivity (Wildman–Crippen MR) is 79.3 cm³/mol. The Kier molecular flexibility index (Phi) is 7.15. The molecule has 1 rings (SSSR count). The van der Waals surface area contributed by atoms with Crippen molar-refractivity contribution in [1.82, 2.24) is 10.6 Å². The maximum Gasteiger partial charge on any atom is 0.414 e. The van der Waals surface area contributed by atoms with Gasteiger partial charge in [0.25, 0.3) is 0 Å². The van der Waals surface area contributed by atoms with Crippen LogP contribution < -0.4 is 15.4 Å². The third-order valence-electron chi connectivity index (χ3n) is 2.98. The lowest BCUT2D eigenvalue weighted by Crippen LogP contribution is -2.44. The first-order valence-corrected chi connectivity index (χ1v) is 7.17. The number of amides is 2. The average Bonchev–Trinajstić information content (AvgIpc) is 2.45. The monoisotopic (exact) mass is 334 g/mol. The molecule has 0 unspecified atom stereocenters. The van der Waals surface area contributed by atoms with Crippen LogP contribution >= 0.6 is 0 Å². The number of hydrogen-bond donors (Lipinski definition) is 3. The normalized spacial score (nSPS) is 14.0. The van der Waals surface area contributed by atoms with Crippen molar-refractivity contribution in [3.63, 3.8) is 0 Å². The van der Waals surface area contributed by atoms with Crippen molar-refractivity contribution in [2.75, 3.05) is 13.2 Å². The summed E-state index contributed by atoms with van der Waals surface area (Å²) < 4.78 is 41.7. The fraction of sp³-hybridized carbons (Fsp3) is 0.533. The molecule has 0 bridgehead atoms. The molecule has 0 saturated heterocycles. The van der Waals surface area contributed by atoms with Crippen LogP contribution in [0, 0.1) is 6.92 Å². The summed E-state index contributed by atoms with van der Waals surface area (Å²) in [5, 5.41) is 13.6. The molecule has 0 aromatic heterocycles. The van der Waals surface area contributed by atoms with Crippen LogP contribution in [0.2, 0.25) is 0 Å². The van der Waals surface area contributed by atoms with Gasteiger partial charge in [-0.1, -0.05) is 17.7 Å². The van der Waals surface area contributed by atoms with Crippen molar-refractivity contribution in [3.8, 4) is 5.75 Å². The van der Waals surface area contributed by atoms with Crippen LogP contribution in [0.3, 0.4) is 0 Å². The van der Waals surface area contributed by atoms with Gasteiger partial charge in [-0.2, -0.15) is 13.2 Å². The molecule has 0 fully saturated rings. The molecule has 2 atom stereocenters. The second-order valence-corrected chi connectivity index (χ2v) is 5.27. The van der Waals surface area contributed by atoms with Crippen molar-refractivity contribution in [3.05, 3.63) is 29.8 Å². The Morgan fingerprint density at radius 2 is 1.91 bits per heavy atom. The molecule has 0 aliphatic carbocycles. The largest absolute Gasteiger partial charge is 0.491 e. The van der Waals surface area contributed by atoms with Crippen LogP contribution in [0.5, 0.6) is 5.75 Å².